The van der Waals surface area contributed by atoms with E-state index >= 15 is 0 Å². The monoisotopic (exact) mass is 166 g/mol. The van der Waals surface area contributed by atoms with Crippen LogP contribution in [0.1, 0.15) is 0 Å². The van der Waals surface area contributed by atoms with E-state index in [0.717, 1.165) is 7.11 Å². The SMILES string of the molecule is COC(=O)/C=C/P(=O)(O)O. The highest BCUT2D eigenvalue weighted by Crippen LogP contribution is 2.35. The molecule has 0 heterocycles. The predicted octanol–water partition coefficient (Wildman–Crippen LogP) is -0.149. The van der Waals surface area contributed by atoms with E-state index in [0.29, 0.717) is 11.9 Å². The number of ether oxygens (including phenoxy) is 1. The highest BCUT2D eigenvalue weighted by atomic mass is 31.2. The maximum Gasteiger partial charge on any atom is 0.349 e. The van der Waals surface area contributed by atoms with E-state index in [4.69, 9.17) is 9.79 Å². The molecular formula is C4H7O5P. The van der Waals surface area contributed by atoms with Crippen LogP contribution in [0.25, 0.3) is 0 Å². The first-order valence-electron chi connectivity index (χ1n) is 2.28. The molecule has 0 aromatic carbocycles. The molecule has 0 aliphatic heterocycles. The third kappa shape index (κ3) is 5.50. The number of hydrogen-bond acceptors (Lipinski definition) is 3. The summed E-state index contributed by atoms with van der Waals surface area (Å²) in [5.41, 5.74) is 0. The fraction of sp³-hybridized carbons (Fsp3) is 0.250. The Kier molecular flexibility index (Phi) is 3.28. The number of carbonyl (C=O) groups excluding carboxylic acids is 1. The lowest BCUT2D eigenvalue weighted by Gasteiger charge is -1.92. The van der Waals surface area contributed by atoms with Gasteiger partial charge in [-0.15, -0.1) is 0 Å². The summed E-state index contributed by atoms with van der Waals surface area (Å²) in [6.45, 7) is 0. The quantitative estimate of drug-likeness (QED) is 0.338. The van der Waals surface area contributed by atoms with E-state index in [1.165, 1.54) is 0 Å². The van der Waals surface area contributed by atoms with Crippen molar-refractivity contribution in [1.29, 1.82) is 0 Å². The molecule has 10 heavy (non-hydrogen) atoms. The van der Waals surface area contributed by atoms with Crippen molar-refractivity contribution in [3.8, 4) is 0 Å². The minimum Gasteiger partial charge on any atom is -0.466 e. The standard InChI is InChI=1S/C4H7O5P/c1-9-4(5)2-3-10(6,7)8/h2-3H,1H3,(H2,6,7,8)/b3-2+. The van der Waals surface area contributed by atoms with Gasteiger partial charge in [-0.3, -0.25) is 4.57 Å². The summed E-state index contributed by atoms with van der Waals surface area (Å²) in [4.78, 5) is 26.6. The molecule has 0 spiro atoms. The van der Waals surface area contributed by atoms with Crippen molar-refractivity contribution < 1.29 is 23.9 Å². The molecule has 0 rings (SSSR count). The Bertz CT molecular complexity index is 190. The van der Waals surface area contributed by atoms with Gasteiger partial charge in [-0.1, -0.05) is 0 Å². The summed E-state index contributed by atoms with van der Waals surface area (Å²) in [7, 11) is -3.10. The van der Waals surface area contributed by atoms with Crippen LogP contribution in [0, 0.1) is 0 Å². The molecule has 0 aliphatic rings. The van der Waals surface area contributed by atoms with Crippen molar-refractivity contribution in [1.82, 2.24) is 0 Å². The fourth-order valence-corrected chi connectivity index (χ4v) is 0.542. The first-order valence-corrected chi connectivity index (χ1v) is 3.96. The van der Waals surface area contributed by atoms with E-state index in [-0.39, 0.29) is 0 Å². The summed E-state index contributed by atoms with van der Waals surface area (Å²) < 4.78 is 14.1. The Morgan fingerprint density at radius 1 is 1.60 bits per heavy atom. The molecule has 0 aromatic heterocycles. The van der Waals surface area contributed by atoms with Crippen molar-refractivity contribution in [3.05, 3.63) is 11.9 Å². The summed E-state index contributed by atoms with van der Waals surface area (Å²) in [5.74, 6) is -0.304. The van der Waals surface area contributed by atoms with Gasteiger partial charge in [0.05, 0.1) is 7.11 Å². The minimum absolute atomic E-state index is 0.485. The Labute approximate surface area is 57.5 Å². The zero-order valence-electron chi connectivity index (χ0n) is 5.22. The fourth-order valence-electron chi connectivity index (χ4n) is 0.226. The second-order valence-corrected chi connectivity index (χ2v) is 2.90. The molecule has 0 amide bonds. The summed E-state index contributed by atoms with van der Waals surface area (Å²) in [6.07, 6.45) is 0.681. The normalized spacial score (nSPS) is 11.9. The van der Waals surface area contributed by atoms with Crippen LogP contribution in [-0.2, 0) is 14.1 Å². The van der Waals surface area contributed by atoms with Crippen molar-refractivity contribution in [3.63, 3.8) is 0 Å². The minimum atomic E-state index is -4.21. The van der Waals surface area contributed by atoms with Gasteiger partial charge in [0.2, 0.25) is 0 Å². The molecule has 6 heteroatoms. The zero-order valence-corrected chi connectivity index (χ0v) is 6.12. The summed E-state index contributed by atoms with van der Waals surface area (Å²) >= 11 is 0. The largest absolute Gasteiger partial charge is 0.466 e. The van der Waals surface area contributed by atoms with Gasteiger partial charge < -0.3 is 14.5 Å². The van der Waals surface area contributed by atoms with E-state index < -0.39 is 13.6 Å². The van der Waals surface area contributed by atoms with Gasteiger partial charge in [0.15, 0.2) is 0 Å². The molecule has 0 saturated heterocycles. The molecule has 0 unspecified atom stereocenters. The van der Waals surface area contributed by atoms with Crippen LogP contribution in [0.4, 0.5) is 0 Å². The topological polar surface area (TPSA) is 83.8 Å². The van der Waals surface area contributed by atoms with Crippen molar-refractivity contribution in [2.75, 3.05) is 7.11 Å². The van der Waals surface area contributed by atoms with Crippen LogP contribution in [0.3, 0.4) is 0 Å². The molecule has 0 radical (unpaired) electrons. The molecule has 0 fully saturated rings. The first-order chi connectivity index (χ1) is 4.45. The number of carbonyl (C=O) groups is 1. The number of rotatable bonds is 2. The zero-order chi connectivity index (χ0) is 8.20. The maximum absolute atomic E-state index is 10.2. The van der Waals surface area contributed by atoms with Gasteiger partial charge in [0.1, 0.15) is 0 Å². The van der Waals surface area contributed by atoms with Gasteiger partial charge in [0, 0.05) is 11.9 Å². The third-order valence-electron chi connectivity index (χ3n) is 0.606. The molecule has 0 atom stereocenters. The van der Waals surface area contributed by atoms with E-state index in [1.807, 2.05) is 0 Å². The van der Waals surface area contributed by atoms with Gasteiger partial charge in [0.25, 0.3) is 0 Å². The Morgan fingerprint density at radius 2 is 2.10 bits per heavy atom. The molecule has 0 aromatic rings. The van der Waals surface area contributed by atoms with Gasteiger partial charge >= 0.3 is 13.6 Å². The van der Waals surface area contributed by atoms with Crippen LogP contribution in [0.5, 0.6) is 0 Å². The smallest absolute Gasteiger partial charge is 0.349 e. The van der Waals surface area contributed by atoms with Gasteiger partial charge in [-0.2, -0.15) is 0 Å². The van der Waals surface area contributed by atoms with Crippen LogP contribution >= 0.6 is 7.60 Å². The van der Waals surface area contributed by atoms with E-state index in [1.54, 1.807) is 0 Å². The number of hydrogen-bond donors (Lipinski definition) is 2. The molecule has 2 N–H and O–H groups in total. The third-order valence-corrected chi connectivity index (χ3v) is 1.14. The van der Waals surface area contributed by atoms with Gasteiger partial charge in [-0.05, 0) is 0 Å². The van der Waals surface area contributed by atoms with Crippen LogP contribution in [0.2, 0.25) is 0 Å². The first kappa shape index (κ1) is 9.36. The molecule has 5 nitrogen and oxygen atoms in total. The summed E-state index contributed by atoms with van der Waals surface area (Å²) in [6, 6.07) is 0. The predicted molar refractivity (Wildman–Crippen MR) is 33.2 cm³/mol. The summed E-state index contributed by atoms with van der Waals surface area (Å²) in [5, 5.41) is 0. The lowest BCUT2D eigenvalue weighted by Crippen LogP contribution is -1.93. The van der Waals surface area contributed by atoms with E-state index in [2.05, 4.69) is 4.74 Å². The Hall–Kier alpha value is -0.640. The van der Waals surface area contributed by atoms with Gasteiger partial charge in [-0.25, -0.2) is 4.79 Å². The van der Waals surface area contributed by atoms with Crippen LogP contribution in [0.15, 0.2) is 11.9 Å². The highest BCUT2D eigenvalue weighted by Gasteiger charge is 2.06. The van der Waals surface area contributed by atoms with Crippen molar-refractivity contribution in [2.45, 2.75) is 0 Å². The highest BCUT2D eigenvalue weighted by molar-refractivity contribution is 7.55. The average Bonchev–Trinajstić information content (AvgIpc) is 1.81. The van der Waals surface area contributed by atoms with Crippen molar-refractivity contribution >= 4 is 13.6 Å². The maximum atomic E-state index is 10.2. The molecule has 58 valence electrons. The van der Waals surface area contributed by atoms with Crippen LogP contribution in [-0.4, -0.2) is 22.9 Å². The number of methoxy groups -OCH3 is 1. The molecule has 0 aliphatic carbocycles. The Balaban J connectivity index is 4.01. The molecular weight excluding hydrogens is 159 g/mol. The Morgan fingerprint density at radius 3 is 2.40 bits per heavy atom. The van der Waals surface area contributed by atoms with Crippen molar-refractivity contribution in [2.24, 2.45) is 0 Å². The molecule has 0 saturated carbocycles. The average molecular weight is 166 g/mol. The van der Waals surface area contributed by atoms with Crippen LogP contribution < -0.4 is 0 Å². The lowest BCUT2D eigenvalue weighted by atomic mass is 10.7. The lowest BCUT2D eigenvalue weighted by molar-refractivity contribution is -0.134. The van der Waals surface area contributed by atoms with E-state index in [9.17, 15) is 9.36 Å². The molecule has 0 bridgehead atoms. The number of esters is 1. The second kappa shape index (κ2) is 3.51. The second-order valence-electron chi connectivity index (χ2n) is 1.43.